The van der Waals surface area contributed by atoms with Gasteiger partial charge in [-0.2, -0.15) is 0 Å². The third kappa shape index (κ3) is 6.94. The molecule has 3 amide bonds. The lowest BCUT2D eigenvalue weighted by Crippen LogP contribution is -2.55. The molecule has 2 N–H and O–H groups in total. The van der Waals surface area contributed by atoms with Crippen LogP contribution in [0.4, 0.5) is 0 Å². The highest BCUT2D eigenvalue weighted by molar-refractivity contribution is 5.89. The van der Waals surface area contributed by atoms with E-state index in [1.165, 1.54) is 11.3 Å². The number of carbonyl (C=O) groups excluding carboxylic acids is 3. The Kier molecular flexibility index (Phi) is 8.53. The second-order valence-electron chi connectivity index (χ2n) is 8.70. The zero-order chi connectivity index (χ0) is 19.9. The number of amides is 3. The minimum absolute atomic E-state index is 0.0567. The van der Waals surface area contributed by atoms with Gasteiger partial charge >= 0.3 is 0 Å². The van der Waals surface area contributed by atoms with Gasteiger partial charge in [0.1, 0.15) is 6.04 Å². The van der Waals surface area contributed by atoms with Crippen molar-refractivity contribution in [1.82, 2.24) is 15.3 Å². The normalized spacial score (nSPS) is 17.9. The Hall–Kier alpha value is -1.63. The Bertz CT molecular complexity index is 482. The number of likely N-dealkylation sites (N-methyl/N-ethyl adjacent to an activating group) is 1. The van der Waals surface area contributed by atoms with E-state index in [4.69, 9.17) is 0 Å². The minimum Gasteiger partial charge on any atom is -0.347 e. The molecule has 2 atom stereocenters. The summed E-state index contributed by atoms with van der Waals surface area (Å²) in [5, 5.41) is 13.0. The quantitative estimate of drug-likeness (QED) is 0.389. The van der Waals surface area contributed by atoms with E-state index >= 15 is 0 Å². The van der Waals surface area contributed by atoms with Crippen LogP contribution in [0.3, 0.4) is 0 Å². The predicted octanol–water partition coefficient (Wildman–Crippen LogP) is 2.04. The number of rotatable bonds is 8. The smallest absolute Gasteiger partial charge is 0.245 e. The molecule has 7 nitrogen and oxygen atoms in total. The molecule has 0 aliphatic heterocycles. The molecule has 1 aliphatic rings. The van der Waals surface area contributed by atoms with Crippen LogP contribution in [0.15, 0.2) is 0 Å². The van der Waals surface area contributed by atoms with Crippen molar-refractivity contribution in [1.29, 1.82) is 0 Å². The fourth-order valence-corrected chi connectivity index (χ4v) is 3.53. The van der Waals surface area contributed by atoms with Gasteiger partial charge in [0.15, 0.2) is 0 Å². The number of nitrogens with one attached hydrogen (secondary N) is 1. The number of hydrogen-bond acceptors (Lipinski definition) is 4. The SMILES string of the molecule is CN(C)C(=O)[C@@H](NC(=O)[C@H](CC1CCCCC1)CN(O)C=O)C(C)(C)C. The first-order valence-corrected chi connectivity index (χ1v) is 9.48. The van der Waals surface area contributed by atoms with E-state index < -0.39 is 17.4 Å². The molecule has 0 aromatic carbocycles. The van der Waals surface area contributed by atoms with Gasteiger partial charge in [-0.05, 0) is 17.8 Å². The predicted molar refractivity (Wildman–Crippen MR) is 99.3 cm³/mol. The average Bonchev–Trinajstić information content (AvgIpc) is 2.57. The summed E-state index contributed by atoms with van der Waals surface area (Å²) in [5.41, 5.74) is -0.448. The number of hydroxylamine groups is 2. The van der Waals surface area contributed by atoms with Crippen LogP contribution in [0.25, 0.3) is 0 Å². The summed E-state index contributed by atoms with van der Waals surface area (Å²) in [6.07, 6.45) is 6.58. The standard InChI is InChI=1S/C19H35N3O4/c1-19(2,3)16(18(25)21(4)5)20-17(24)15(12-22(26)13-23)11-14-9-7-6-8-10-14/h13-16,26H,6-12H2,1-5H3,(H,20,24)/t15-,16-/m1/s1. The number of nitrogens with zero attached hydrogens (tertiary/aromatic N) is 2. The molecule has 0 bridgehead atoms. The van der Waals surface area contributed by atoms with Crippen molar-refractivity contribution in [3.8, 4) is 0 Å². The van der Waals surface area contributed by atoms with Gasteiger partial charge in [0, 0.05) is 14.1 Å². The first-order chi connectivity index (χ1) is 12.1. The summed E-state index contributed by atoms with van der Waals surface area (Å²) in [4.78, 5) is 37.7. The maximum absolute atomic E-state index is 12.9. The first-order valence-electron chi connectivity index (χ1n) is 9.48. The maximum atomic E-state index is 12.9. The summed E-state index contributed by atoms with van der Waals surface area (Å²) in [5.74, 6) is -0.574. The lowest BCUT2D eigenvalue weighted by atomic mass is 9.81. The lowest BCUT2D eigenvalue weighted by molar-refractivity contribution is -0.155. The molecule has 1 rings (SSSR count). The van der Waals surface area contributed by atoms with Crippen molar-refractivity contribution in [2.45, 2.75) is 65.3 Å². The van der Waals surface area contributed by atoms with E-state index in [2.05, 4.69) is 5.32 Å². The second kappa shape index (κ2) is 9.90. The Labute approximate surface area is 157 Å². The molecule has 1 fully saturated rings. The van der Waals surface area contributed by atoms with Crippen LogP contribution in [0, 0.1) is 17.3 Å². The van der Waals surface area contributed by atoms with Gasteiger partial charge in [0.25, 0.3) is 0 Å². The maximum Gasteiger partial charge on any atom is 0.245 e. The van der Waals surface area contributed by atoms with Gasteiger partial charge in [-0.1, -0.05) is 52.9 Å². The van der Waals surface area contributed by atoms with E-state index in [1.807, 2.05) is 20.8 Å². The van der Waals surface area contributed by atoms with Crippen LogP contribution in [-0.2, 0) is 14.4 Å². The lowest BCUT2D eigenvalue weighted by Gasteiger charge is -2.34. The van der Waals surface area contributed by atoms with Gasteiger partial charge in [0.2, 0.25) is 18.2 Å². The highest BCUT2D eigenvalue weighted by Crippen LogP contribution is 2.30. The monoisotopic (exact) mass is 369 g/mol. The fourth-order valence-electron chi connectivity index (χ4n) is 3.53. The van der Waals surface area contributed by atoms with Crippen LogP contribution in [0.1, 0.15) is 59.3 Å². The van der Waals surface area contributed by atoms with Crippen molar-refractivity contribution in [2.75, 3.05) is 20.6 Å². The molecule has 150 valence electrons. The summed E-state index contributed by atoms with van der Waals surface area (Å²) < 4.78 is 0. The first kappa shape index (κ1) is 22.4. The van der Waals surface area contributed by atoms with Crippen LogP contribution < -0.4 is 5.32 Å². The molecule has 0 radical (unpaired) electrons. The molecule has 7 heteroatoms. The van der Waals surface area contributed by atoms with Crippen LogP contribution in [0.2, 0.25) is 0 Å². The van der Waals surface area contributed by atoms with E-state index in [-0.39, 0.29) is 18.4 Å². The van der Waals surface area contributed by atoms with Crippen molar-refractivity contribution < 1.29 is 19.6 Å². The molecule has 0 aromatic rings. The molecule has 0 spiro atoms. The molecule has 1 aliphatic carbocycles. The average molecular weight is 370 g/mol. The molecule has 0 aromatic heterocycles. The van der Waals surface area contributed by atoms with Crippen LogP contribution >= 0.6 is 0 Å². The van der Waals surface area contributed by atoms with Crippen molar-refractivity contribution in [2.24, 2.45) is 17.3 Å². The highest BCUT2D eigenvalue weighted by atomic mass is 16.5. The van der Waals surface area contributed by atoms with E-state index in [1.54, 1.807) is 14.1 Å². The van der Waals surface area contributed by atoms with Crippen molar-refractivity contribution in [3.05, 3.63) is 0 Å². The third-order valence-electron chi connectivity index (χ3n) is 5.08. The van der Waals surface area contributed by atoms with E-state index in [0.29, 0.717) is 23.8 Å². The summed E-state index contributed by atoms with van der Waals surface area (Å²) in [6.45, 7) is 5.65. The van der Waals surface area contributed by atoms with Gasteiger partial charge in [-0.25, -0.2) is 5.06 Å². The van der Waals surface area contributed by atoms with Gasteiger partial charge in [0.05, 0.1) is 12.5 Å². The highest BCUT2D eigenvalue weighted by Gasteiger charge is 2.36. The van der Waals surface area contributed by atoms with Gasteiger partial charge in [-0.15, -0.1) is 0 Å². The molecule has 0 saturated heterocycles. The zero-order valence-electron chi connectivity index (χ0n) is 16.8. The summed E-state index contributed by atoms with van der Waals surface area (Å²) >= 11 is 0. The minimum atomic E-state index is -0.665. The topological polar surface area (TPSA) is 90.0 Å². The number of carbonyl (C=O) groups is 3. The van der Waals surface area contributed by atoms with Gasteiger partial charge in [-0.3, -0.25) is 19.6 Å². The molecular weight excluding hydrogens is 334 g/mol. The Morgan fingerprint density at radius 2 is 1.77 bits per heavy atom. The third-order valence-corrected chi connectivity index (χ3v) is 5.08. The van der Waals surface area contributed by atoms with Gasteiger partial charge < -0.3 is 10.2 Å². The Morgan fingerprint density at radius 3 is 2.23 bits per heavy atom. The number of hydrogen-bond donors (Lipinski definition) is 2. The molecular formula is C19H35N3O4. The van der Waals surface area contributed by atoms with E-state index in [9.17, 15) is 19.6 Å². The molecule has 1 saturated carbocycles. The largest absolute Gasteiger partial charge is 0.347 e. The van der Waals surface area contributed by atoms with Crippen molar-refractivity contribution >= 4 is 18.2 Å². The van der Waals surface area contributed by atoms with E-state index in [0.717, 1.165) is 25.7 Å². The zero-order valence-corrected chi connectivity index (χ0v) is 16.8. The molecule has 0 unspecified atom stereocenters. The van der Waals surface area contributed by atoms with Crippen molar-refractivity contribution in [3.63, 3.8) is 0 Å². The molecule has 26 heavy (non-hydrogen) atoms. The van der Waals surface area contributed by atoms with Crippen LogP contribution in [0.5, 0.6) is 0 Å². The van der Waals surface area contributed by atoms with Crippen LogP contribution in [-0.4, -0.2) is 60.1 Å². The fraction of sp³-hybridized carbons (Fsp3) is 0.842. The second-order valence-corrected chi connectivity index (χ2v) is 8.70. The summed E-state index contributed by atoms with van der Waals surface area (Å²) in [7, 11) is 3.32. The molecule has 0 heterocycles. The summed E-state index contributed by atoms with van der Waals surface area (Å²) in [6, 6.07) is -0.665. The Morgan fingerprint density at radius 1 is 1.19 bits per heavy atom. The Balaban J connectivity index is 2.89.